The van der Waals surface area contributed by atoms with Gasteiger partial charge in [-0.05, 0) is 23.6 Å². The van der Waals surface area contributed by atoms with E-state index in [0.717, 1.165) is 5.56 Å². The molecule has 100 valence electrons. The minimum absolute atomic E-state index is 0.0106. The number of aliphatic hydroxyl groups is 1. The Labute approximate surface area is 108 Å². The quantitative estimate of drug-likeness (QED) is 0.623. The monoisotopic (exact) mass is 252 g/mol. The molecule has 0 spiro atoms. The second-order valence-corrected chi connectivity index (χ2v) is 4.33. The van der Waals surface area contributed by atoms with Crippen molar-refractivity contribution in [3.8, 4) is 5.75 Å². The predicted molar refractivity (Wildman–Crippen MR) is 69.1 cm³/mol. The number of esters is 1. The zero-order valence-corrected chi connectivity index (χ0v) is 11.1. The fraction of sp³-hybridized carbons (Fsp3) is 0.500. The molecule has 1 rings (SSSR count). The lowest BCUT2D eigenvalue weighted by Gasteiger charge is -2.12. The van der Waals surface area contributed by atoms with E-state index in [2.05, 4.69) is 13.8 Å². The van der Waals surface area contributed by atoms with Crippen LogP contribution >= 0.6 is 0 Å². The predicted octanol–water partition coefficient (Wildman–Crippen LogP) is 2.36. The molecule has 0 aromatic heterocycles. The summed E-state index contributed by atoms with van der Waals surface area (Å²) in [7, 11) is 1.53. The van der Waals surface area contributed by atoms with Crippen molar-refractivity contribution in [1.82, 2.24) is 0 Å². The number of hydrogen-bond acceptors (Lipinski definition) is 4. The first-order chi connectivity index (χ1) is 8.60. The summed E-state index contributed by atoms with van der Waals surface area (Å²) in [6.07, 6.45) is 0.443. The maximum Gasteiger partial charge on any atom is 0.341 e. The Morgan fingerprint density at radius 2 is 2.11 bits per heavy atom. The van der Waals surface area contributed by atoms with Crippen LogP contribution in [-0.4, -0.2) is 31.4 Å². The van der Waals surface area contributed by atoms with Gasteiger partial charge in [0.25, 0.3) is 0 Å². The summed E-state index contributed by atoms with van der Waals surface area (Å²) in [6.45, 7) is 4.38. The summed E-state index contributed by atoms with van der Waals surface area (Å²) in [4.78, 5) is 11.8. The van der Waals surface area contributed by atoms with Gasteiger partial charge in [-0.15, -0.1) is 0 Å². The summed E-state index contributed by atoms with van der Waals surface area (Å²) in [5.41, 5.74) is 1.53. The lowest BCUT2D eigenvalue weighted by Crippen LogP contribution is -2.09. The summed E-state index contributed by atoms with van der Waals surface area (Å²) < 4.78 is 10.2. The summed E-state index contributed by atoms with van der Waals surface area (Å²) in [5.74, 6) is 0.476. The van der Waals surface area contributed by atoms with Gasteiger partial charge >= 0.3 is 5.97 Å². The van der Waals surface area contributed by atoms with Crippen molar-refractivity contribution in [2.45, 2.75) is 26.2 Å². The highest BCUT2D eigenvalue weighted by Crippen LogP contribution is 2.25. The van der Waals surface area contributed by atoms with Crippen molar-refractivity contribution in [3.05, 3.63) is 29.3 Å². The minimum atomic E-state index is -0.421. The lowest BCUT2D eigenvalue weighted by molar-refractivity contribution is 0.0478. The molecule has 0 unspecified atom stereocenters. The van der Waals surface area contributed by atoms with E-state index in [1.165, 1.54) is 7.11 Å². The molecule has 1 aromatic carbocycles. The molecule has 0 aliphatic heterocycles. The van der Waals surface area contributed by atoms with E-state index in [1.54, 1.807) is 6.07 Å². The van der Waals surface area contributed by atoms with Crippen molar-refractivity contribution in [2.24, 2.45) is 0 Å². The van der Waals surface area contributed by atoms with Gasteiger partial charge in [-0.25, -0.2) is 4.79 Å². The van der Waals surface area contributed by atoms with Crippen molar-refractivity contribution in [3.63, 3.8) is 0 Å². The van der Waals surface area contributed by atoms with Crippen LogP contribution in [0.5, 0.6) is 5.75 Å². The van der Waals surface area contributed by atoms with Gasteiger partial charge in [-0.1, -0.05) is 19.9 Å². The molecule has 18 heavy (non-hydrogen) atoms. The highest BCUT2D eigenvalue weighted by molar-refractivity contribution is 5.92. The number of ether oxygens (including phenoxy) is 2. The fourth-order valence-corrected chi connectivity index (χ4v) is 1.54. The molecule has 0 aliphatic carbocycles. The molecular weight excluding hydrogens is 232 g/mol. The molecule has 0 saturated carbocycles. The molecule has 4 heteroatoms. The number of carbonyl (C=O) groups is 1. The molecule has 1 aromatic rings. The first-order valence-electron chi connectivity index (χ1n) is 6.06. The lowest BCUT2D eigenvalue weighted by atomic mass is 10.0. The largest absolute Gasteiger partial charge is 0.496 e. The van der Waals surface area contributed by atoms with Crippen LogP contribution in [-0.2, 0) is 4.74 Å². The molecular formula is C14H20O4. The Morgan fingerprint density at radius 1 is 1.39 bits per heavy atom. The number of methoxy groups -OCH3 is 1. The third-order valence-corrected chi connectivity index (χ3v) is 2.65. The topological polar surface area (TPSA) is 55.8 Å². The first-order valence-corrected chi connectivity index (χ1v) is 6.06. The zero-order chi connectivity index (χ0) is 13.5. The maximum atomic E-state index is 11.8. The van der Waals surface area contributed by atoms with E-state index >= 15 is 0 Å². The Kier molecular flexibility index (Phi) is 5.65. The highest BCUT2D eigenvalue weighted by atomic mass is 16.5. The SMILES string of the molecule is COc1cc(C(C)C)ccc1C(=O)OCCCO. The van der Waals surface area contributed by atoms with E-state index in [1.807, 2.05) is 12.1 Å². The van der Waals surface area contributed by atoms with Crippen LogP contribution in [0.25, 0.3) is 0 Å². The van der Waals surface area contributed by atoms with E-state index in [-0.39, 0.29) is 13.2 Å². The van der Waals surface area contributed by atoms with E-state index < -0.39 is 5.97 Å². The normalized spacial score (nSPS) is 10.5. The van der Waals surface area contributed by atoms with Crippen molar-refractivity contribution < 1.29 is 19.4 Å². The molecule has 0 amide bonds. The minimum Gasteiger partial charge on any atom is -0.496 e. The molecule has 0 radical (unpaired) electrons. The Morgan fingerprint density at radius 3 is 2.67 bits per heavy atom. The number of rotatable bonds is 6. The van der Waals surface area contributed by atoms with Crippen molar-refractivity contribution in [2.75, 3.05) is 20.3 Å². The van der Waals surface area contributed by atoms with E-state index in [9.17, 15) is 4.79 Å². The number of benzene rings is 1. The van der Waals surface area contributed by atoms with Gasteiger partial charge in [0.1, 0.15) is 11.3 Å². The molecule has 0 heterocycles. The van der Waals surface area contributed by atoms with Crippen LogP contribution in [0.2, 0.25) is 0 Å². The van der Waals surface area contributed by atoms with Crippen molar-refractivity contribution in [1.29, 1.82) is 0 Å². The number of aliphatic hydroxyl groups excluding tert-OH is 1. The Bertz CT molecular complexity index is 399. The van der Waals surface area contributed by atoms with Gasteiger partial charge < -0.3 is 14.6 Å². The molecule has 4 nitrogen and oxygen atoms in total. The molecule has 0 saturated heterocycles. The van der Waals surface area contributed by atoms with Gasteiger partial charge in [0.05, 0.1) is 13.7 Å². The Hall–Kier alpha value is -1.55. The standard InChI is InChI=1S/C14H20O4/c1-10(2)11-5-6-12(13(9-11)17-3)14(16)18-8-4-7-15/h5-6,9-10,15H,4,7-8H2,1-3H3. The summed E-state index contributed by atoms with van der Waals surface area (Å²) >= 11 is 0. The highest BCUT2D eigenvalue weighted by Gasteiger charge is 2.14. The fourth-order valence-electron chi connectivity index (χ4n) is 1.54. The van der Waals surface area contributed by atoms with Gasteiger partial charge in [0, 0.05) is 13.0 Å². The van der Waals surface area contributed by atoms with Crippen LogP contribution in [0.3, 0.4) is 0 Å². The molecule has 1 N–H and O–H groups in total. The van der Waals surface area contributed by atoms with Gasteiger partial charge in [0.15, 0.2) is 0 Å². The Balaban J connectivity index is 2.84. The van der Waals surface area contributed by atoms with E-state index in [0.29, 0.717) is 23.7 Å². The first kappa shape index (κ1) is 14.5. The van der Waals surface area contributed by atoms with Crippen LogP contribution < -0.4 is 4.74 Å². The van der Waals surface area contributed by atoms with Gasteiger partial charge in [-0.2, -0.15) is 0 Å². The average molecular weight is 252 g/mol. The van der Waals surface area contributed by atoms with E-state index in [4.69, 9.17) is 14.6 Å². The molecule has 0 aliphatic rings. The van der Waals surface area contributed by atoms with Crippen LogP contribution in [0, 0.1) is 0 Å². The number of hydrogen-bond donors (Lipinski definition) is 1. The average Bonchev–Trinajstić information content (AvgIpc) is 2.38. The number of carbonyl (C=O) groups excluding carboxylic acids is 1. The smallest absolute Gasteiger partial charge is 0.341 e. The summed E-state index contributed by atoms with van der Waals surface area (Å²) in [5, 5.41) is 8.63. The van der Waals surface area contributed by atoms with Gasteiger partial charge in [0.2, 0.25) is 0 Å². The van der Waals surface area contributed by atoms with Crippen LogP contribution in [0.4, 0.5) is 0 Å². The molecule has 0 fully saturated rings. The van der Waals surface area contributed by atoms with Gasteiger partial charge in [-0.3, -0.25) is 0 Å². The van der Waals surface area contributed by atoms with Crippen molar-refractivity contribution >= 4 is 5.97 Å². The second kappa shape index (κ2) is 7.01. The second-order valence-electron chi connectivity index (χ2n) is 4.33. The third-order valence-electron chi connectivity index (χ3n) is 2.65. The van der Waals surface area contributed by atoms with Crippen LogP contribution in [0.15, 0.2) is 18.2 Å². The zero-order valence-electron chi connectivity index (χ0n) is 11.1. The molecule has 0 bridgehead atoms. The summed E-state index contributed by atoms with van der Waals surface area (Å²) in [6, 6.07) is 5.47. The third kappa shape index (κ3) is 3.74. The molecule has 0 atom stereocenters. The van der Waals surface area contributed by atoms with Crippen LogP contribution in [0.1, 0.15) is 42.1 Å². The maximum absolute atomic E-state index is 11.8.